The second kappa shape index (κ2) is 6.35. The zero-order valence-electron chi connectivity index (χ0n) is 11.3. The van der Waals surface area contributed by atoms with Crippen molar-refractivity contribution >= 4 is 23.2 Å². The van der Waals surface area contributed by atoms with Crippen molar-refractivity contribution in [1.29, 1.82) is 0 Å². The van der Waals surface area contributed by atoms with Crippen LogP contribution in [-0.2, 0) is 0 Å². The number of non-ortho nitro benzene ring substituents is 1. The van der Waals surface area contributed by atoms with Gasteiger partial charge in [-0.15, -0.1) is 0 Å². The van der Waals surface area contributed by atoms with Crippen LogP contribution < -0.4 is 20.9 Å². The monoisotopic (exact) mass is 305 g/mol. The molecular formula is C12H11N5O5. The molecule has 22 heavy (non-hydrogen) atoms. The fourth-order valence-corrected chi connectivity index (χ4v) is 1.59. The SMILES string of the molecule is COc1ccc([N+](=O)[O-])cc1NC(=O)Nc1ccc(=O)[nH]n1. The number of aromatic nitrogens is 2. The number of hydrogen-bond donors (Lipinski definition) is 3. The predicted molar refractivity (Wildman–Crippen MR) is 77.1 cm³/mol. The van der Waals surface area contributed by atoms with Crippen molar-refractivity contribution in [2.75, 3.05) is 17.7 Å². The third-order valence-electron chi connectivity index (χ3n) is 2.56. The first-order valence-electron chi connectivity index (χ1n) is 5.96. The van der Waals surface area contributed by atoms with Crippen molar-refractivity contribution in [3.63, 3.8) is 0 Å². The van der Waals surface area contributed by atoms with E-state index in [1.807, 2.05) is 0 Å². The quantitative estimate of drug-likeness (QED) is 0.575. The lowest BCUT2D eigenvalue weighted by molar-refractivity contribution is -0.384. The van der Waals surface area contributed by atoms with Gasteiger partial charge in [0.25, 0.3) is 11.2 Å². The molecule has 2 amide bonds. The topological polar surface area (TPSA) is 139 Å². The van der Waals surface area contributed by atoms with E-state index in [0.29, 0.717) is 0 Å². The van der Waals surface area contributed by atoms with E-state index >= 15 is 0 Å². The molecule has 3 N–H and O–H groups in total. The molecule has 0 aliphatic carbocycles. The second-order valence-corrected chi connectivity index (χ2v) is 4.03. The number of aromatic amines is 1. The molecule has 10 nitrogen and oxygen atoms in total. The van der Waals surface area contributed by atoms with Crippen molar-refractivity contribution in [3.05, 3.63) is 50.8 Å². The zero-order valence-corrected chi connectivity index (χ0v) is 11.3. The first-order valence-corrected chi connectivity index (χ1v) is 5.96. The smallest absolute Gasteiger partial charge is 0.325 e. The molecule has 0 aliphatic heterocycles. The normalized spacial score (nSPS) is 9.86. The minimum Gasteiger partial charge on any atom is -0.495 e. The van der Waals surface area contributed by atoms with Crippen LogP contribution in [0.3, 0.4) is 0 Å². The van der Waals surface area contributed by atoms with Gasteiger partial charge in [-0.2, -0.15) is 5.10 Å². The summed E-state index contributed by atoms with van der Waals surface area (Å²) in [5.74, 6) is 0.372. The lowest BCUT2D eigenvalue weighted by Gasteiger charge is -2.10. The summed E-state index contributed by atoms with van der Waals surface area (Å²) >= 11 is 0. The molecule has 0 saturated carbocycles. The number of carbonyl (C=O) groups is 1. The van der Waals surface area contributed by atoms with Gasteiger partial charge >= 0.3 is 6.03 Å². The molecule has 114 valence electrons. The number of rotatable bonds is 4. The van der Waals surface area contributed by atoms with Crippen LogP contribution in [0.15, 0.2) is 35.1 Å². The highest BCUT2D eigenvalue weighted by atomic mass is 16.6. The maximum absolute atomic E-state index is 11.8. The number of methoxy groups -OCH3 is 1. The third-order valence-corrected chi connectivity index (χ3v) is 2.56. The Morgan fingerprint density at radius 3 is 2.68 bits per heavy atom. The second-order valence-electron chi connectivity index (χ2n) is 4.03. The number of nitrogens with one attached hydrogen (secondary N) is 3. The molecule has 0 radical (unpaired) electrons. The first kappa shape index (κ1) is 15.0. The summed E-state index contributed by atoms with van der Waals surface area (Å²) in [6, 6.07) is 5.59. The molecule has 0 aliphatic rings. The van der Waals surface area contributed by atoms with E-state index in [-0.39, 0.29) is 22.9 Å². The molecule has 10 heteroatoms. The van der Waals surface area contributed by atoms with Crippen LogP contribution in [0.4, 0.5) is 22.0 Å². The fourth-order valence-electron chi connectivity index (χ4n) is 1.59. The number of benzene rings is 1. The molecule has 0 atom stereocenters. The van der Waals surface area contributed by atoms with Gasteiger partial charge in [0.15, 0.2) is 5.82 Å². The van der Waals surface area contributed by atoms with E-state index in [2.05, 4.69) is 20.8 Å². The van der Waals surface area contributed by atoms with Gasteiger partial charge in [-0.25, -0.2) is 9.89 Å². The number of nitrogens with zero attached hydrogens (tertiary/aromatic N) is 2. The van der Waals surface area contributed by atoms with Gasteiger partial charge in [0.2, 0.25) is 0 Å². The van der Waals surface area contributed by atoms with Crippen LogP contribution >= 0.6 is 0 Å². The number of ether oxygens (including phenoxy) is 1. The van der Waals surface area contributed by atoms with Crippen LogP contribution in [-0.4, -0.2) is 28.3 Å². The highest BCUT2D eigenvalue weighted by molar-refractivity contribution is 6.00. The number of urea groups is 1. The Balaban J connectivity index is 2.16. The zero-order chi connectivity index (χ0) is 16.1. The Kier molecular flexibility index (Phi) is 4.32. The van der Waals surface area contributed by atoms with Crippen LogP contribution in [0.25, 0.3) is 0 Å². The van der Waals surface area contributed by atoms with Crippen molar-refractivity contribution in [2.45, 2.75) is 0 Å². The van der Waals surface area contributed by atoms with Crippen LogP contribution in [0.2, 0.25) is 0 Å². The van der Waals surface area contributed by atoms with Crippen molar-refractivity contribution in [3.8, 4) is 5.75 Å². The number of amides is 2. The number of H-pyrrole nitrogens is 1. The van der Waals surface area contributed by atoms with E-state index in [4.69, 9.17) is 4.74 Å². The highest BCUT2D eigenvalue weighted by Gasteiger charge is 2.14. The number of nitro groups is 1. The molecule has 0 spiro atoms. The lowest BCUT2D eigenvalue weighted by atomic mass is 10.2. The molecule has 1 heterocycles. The molecule has 0 fully saturated rings. The Morgan fingerprint density at radius 2 is 2.09 bits per heavy atom. The molecule has 1 aromatic heterocycles. The highest BCUT2D eigenvalue weighted by Crippen LogP contribution is 2.28. The van der Waals surface area contributed by atoms with E-state index in [0.717, 1.165) is 0 Å². The van der Waals surface area contributed by atoms with Crippen molar-refractivity contribution in [1.82, 2.24) is 10.2 Å². The van der Waals surface area contributed by atoms with Gasteiger partial charge < -0.3 is 10.1 Å². The summed E-state index contributed by atoms with van der Waals surface area (Å²) in [5.41, 5.74) is -0.483. The van der Waals surface area contributed by atoms with Crippen LogP contribution in [0, 0.1) is 10.1 Å². The average Bonchev–Trinajstić information content (AvgIpc) is 2.49. The third kappa shape index (κ3) is 3.56. The molecule has 2 rings (SSSR count). The van der Waals surface area contributed by atoms with E-state index < -0.39 is 16.5 Å². The Labute approximate surface area is 123 Å². The number of nitro benzene ring substituents is 1. The minimum absolute atomic E-state index is 0.112. The van der Waals surface area contributed by atoms with Gasteiger partial charge in [0, 0.05) is 18.2 Å². The van der Waals surface area contributed by atoms with Gasteiger partial charge in [-0.05, 0) is 12.1 Å². The van der Waals surface area contributed by atoms with Crippen LogP contribution in [0.5, 0.6) is 5.75 Å². The number of hydrogen-bond acceptors (Lipinski definition) is 6. The van der Waals surface area contributed by atoms with Gasteiger partial charge in [0.1, 0.15) is 5.75 Å². The maximum Gasteiger partial charge on any atom is 0.325 e. The maximum atomic E-state index is 11.8. The van der Waals surface area contributed by atoms with E-state index in [1.165, 1.54) is 37.4 Å². The Morgan fingerprint density at radius 1 is 1.32 bits per heavy atom. The summed E-state index contributed by atoms with van der Waals surface area (Å²) in [6.07, 6.45) is 0. The molecular weight excluding hydrogens is 294 g/mol. The van der Waals surface area contributed by atoms with E-state index in [9.17, 15) is 19.7 Å². The summed E-state index contributed by atoms with van der Waals surface area (Å²) in [5, 5.41) is 21.3. The molecule has 0 saturated heterocycles. The fraction of sp³-hybridized carbons (Fsp3) is 0.0833. The predicted octanol–water partition coefficient (Wildman–Crippen LogP) is 1.33. The Hall–Kier alpha value is -3.43. The molecule has 0 bridgehead atoms. The van der Waals surface area contributed by atoms with Gasteiger partial charge in [0.05, 0.1) is 17.7 Å². The Bertz CT molecular complexity index is 752. The largest absolute Gasteiger partial charge is 0.495 e. The number of carbonyl (C=O) groups excluding carboxylic acids is 1. The molecule has 0 unspecified atom stereocenters. The van der Waals surface area contributed by atoms with Crippen molar-refractivity contribution in [2.24, 2.45) is 0 Å². The average molecular weight is 305 g/mol. The summed E-state index contributed by atoms with van der Waals surface area (Å²) in [4.78, 5) is 32.9. The van der Waals surface area contributed by atoms with Crippen LogP contribution in [0.1, 0.15) is 0 Å². The summed E-state index contributed by atoms with van der Waals surface area (Å²) < 4.78 is 5.02. The minimum atomic E-state index is -0.696. The summed E-state index contributed by atoms with van der Waals surface area (Å²) in [6.45, 7) is 0. The lowest BCUT2D eigenvalue weighted by Crippen LogP contribution is -2.21. The first-order chi connectivity index (χ1) is 10.5. The van der Waals surface area contributed by atoms with Gasteiger partial charge in [-0.3, -0.25) is 20.2 Å². The molecule has 1 aromatic carbocycles. The number of anilines is 2. The van der Waals surface area contributed by atoms with Crippen molar-refractivity contribution < 1.29 is 14.5 Å². The van der Waals surface area contributed by atoms with E-state index in [1.54, 1.807) is 0 Å². The standard InChI is InChI=1S/C12H11N5O5/c1-22-9-3-2-7(17(20)21)6-8(9)13-12(19)14-10-4-5-11(18)16-15-10/h2-6H,1H3,(H,16,18)(H2,13,14,15,19). The van der Waals surface area contributed by atoms with Gasteiger partial charge in [-0.1, -0.05) is 0 Å². The summed E-state index contributed by atoms with van der Waals surface area (Å²) in [7, 11) is 1.37. The molecule has 2 aromatic rings.